The predicted octanol–water partition coefficient (Wildman–Crippen LogP) is 1.41. The first-order valence-electron chi connectivity index (χ1n) is 3.41. The zero-order valence-electron chi connectivity index (χ0n) is 6.86. The van der Waals surface area contributed by atoms with Crippen LogP contribution in [0.4, 0.5) is 0 Å². The Bertz CT molecular complexity index is 305. The van der Waals surface area contributed by atoms with Crippen molar-refractivity contribution in [3.63, 3.8) is 0 Å². The van der Waals surface area contributed by atoms with Crippen LogP contribution in [0.3, 0.4) is 0 Å². The number of carbonyl (C=O) groups is 1. The van der Waals surface area contributed by atoms with Gasteiger partial charge in [0.2, 0.25) is 0 Å². The zero-order valence-corrected chi connectivity index (χ0v) is 9.26. The van der Waals surface area contributed by atoms with Crippen LogP contribution in [-0.2, 0) is 19.4 Å². The van der Waals surface area contributed by atoms with E-state index in [2.05, 4.69) is 20.1 Å². The van der Waals surface area contributed by atoms with Gasteiger partial charge in [-0.1, -0.05) is 29.3 Å². The second kappa shape index (κ2) is 5.36. The molecule has 0 unspecified atom stereocenters. The summed E-state index contributed by atoms with van der Waals surface area (Å²) in [5, 5.41) is 0. The number of hydrogen-bond donors (Lipinski definition) is 1. The maximum Gasteiger partial charge on any atom is 0.449 e. The Morgan fingerprint density at radius 1 is 1.62 bits per heavy atom. The van der Waals surface area contributed by atoms with Crippen molar-refractivity contribution in [2.24, 2.45) is 0 Å². The van der Waals surface area contributed by atoms with Gasteiger partial charge in [0, 0.05) is 5.57 Å². The van der Waals surface area contributed by atoms with Crippen LogP contribution < -0.4 is 0 Å². The van der Waals surface area contributed by atoms with Crippen molar-refractivity contribution >= 4 is 32.3 Å². The number of hydrogen-bond acceptors (Lipinski definition) is 4. The second-order valence-electron chi connectivity index (χ2n) is 2.18. The van der Waals surface area contributed by atoms with Crippen molar-refractivity contribution < 1.29 is 21.9 Å². The first kappa shape index (κ1) is 12.6. The summed E-state index contributed by atoms with van der Waals surface area (Å²) < 4.78 is 32.2. The van der Waals surface area contributed by atoms with Gasteiger partial charge in [0.25, 0.3) is 0 Å². The average Bonchev–Trinajstić information content (AvgIpc) is 1.96. The lowest BCUT2D eigenvalue weighted by molar-refractivity contribution is -0.130. The minimum Gasteiger partial charge on any atom is -0.321 e. The third-order valence-electron chi connectivity index (χ3n) is 1.09. The van der Waals surface area contributed by atoms with Gasteiger partial charge in [-0.05, 0) is 11.4 Å². The molecule has 0 fully saturated rings. The molecule has 0 saturated carbocycles. The lowest BCUT2D eigenvalue weighted by atomic mass is 10.2. The molecule has 0 heterocycles. The molecule has 0 amide bonds. The molecule has 0 aliphatic rings. The van der Waals surface area contributed by atoms with Gasteiger partial charge in [0.1, 0.15) is 0 Å². The summed E-state index contributed by atoms with van der Waals surface area (Å²) in [6.45, 7) is 1.82. The molecule has 76 valence electrons. The molecule has 0 aliphatic heterocycles. The molecule has 13 heavy (non-hydrogen) atoms. The minimum atomic E-state index is -4.71. The van der Waals surface area contributed by atoms with Crippen LogP contribution in [0.2, 0.25) is 0 Å². The molecule has 0 aromatic carbocycles. The normalized spacial score (nSPS) is 12.7. The standard InChI is InChI=1S/C6H9BrO5S/c1-2-3-5(4-7)6(8)12-13(9,10)11/h4H,2-3H2,1H3,(H,9,10,11). The van der Waals surface area contributed by atoms with E-state index in [0.29, 0.717) is 12.8 Å². The molecule has 0 rings (SSSR count). The van der Waals surface area contributed by atoms with Crippen molar-refractivity contribution in [1.29, 1.82) is 0 Å². The second-order valence-corrected chi connectivity index (χ2v) is 3.66. The molecule has 0 aliphatic carbocycles. The first-order chi connectivity index (χ1) is 5.90. The van der Waals surface area contributed by atoms with Gasteiger partial charge in [0.15, 0.2) is 0 Å². The molecule has 0 aromatic rings. The molecule has 1 N–H and O–H groups in total. The predicted molar refractivity (Wildman–Crippen MR) is 49.6 cm³/mol. The maximum atomic E-state index is 10.9. The van der Waals surface area contributed by atoms with E-state index >= 15 is 0 Å². The van der Waals surface area contributed by atoms with E-state index in [-0.39, 0.29) is 5.57 Å². The van der Waals surface area contributed by atoms with Gasteiger partial charge >= 0.3 is 16.4 Å². The fourth-order valence-corrected chi connectivity index (χ4v) is 1.33. The van der Waals surface area contributed by atoms with Crippen LogP contribution in [0, 0.1) is 0 Å². The van der Waals surface area contributed by atoms with Gasteiger partial charge in [-0.15, -0.1) is 0 Å². The molecule has 0 atom stereocenters. The van der Waals surface area contributed by atoms with Gasteiger partial charge in [-0.2, -0.15) is 8.42 Å². The molecule has 7 heteroatoms. The van der Waals surface area contributed by atoms with Crippen LogP contribution in [0.15, 0.2) is 10.6 Å². The first-order valence-corrected chi connectivity index (χ1v) is 5.69. The summed E-state index contributed by atoms with van der Waals surface area (Å²) in [6, 6.07) is 0. The van der Waals surface area contributed by atoms with Crippen LogP contribution in [0.25, 0.3) is 0 Å². The SMILES string of the molecule is CCCC(=CBr)C(=O)OS(=O)(=O)O. The highest BCUT2D eigenvalue weighted by Crippen LogP contribution is 2.10. The van der Waals surface area contributed by atoms with Crippen molar-refractivity contribution in [2.75, 3.05) is 0 Å². The van der Waals surface area contributed by atoms with Gasteiger partial charge in [-0.3, -0.25) is 4.55 Å². The van der Waals surface area contributed by atoms with E-state index in [1.54, 1.807) is 0 Å². The summed E-state index contributed by atoms with van der Waals surface area (Å²) in [5.41, 5.74) is 0.153. The highest BCUT2D eigenvalue weighted by atomic mass is 79.9. The number of halogens is 1. The fraction of sp³-hybridized carbons (Fsp3) is 0.500. The highest BCUT2D eigenvalue weighted by molar-refractivity contribution is 9.11. The average molecular weight is 273 g/mol. The zero-order chi connectivity index (χ0) is 10.5. The Morgan fingerprint density at radius 3 is 2.46 bits per heavy atom. The summed E-state index contributed by atoms with van der Waals surface area (Å²) in [4.78, 5) is 12.2. The van der Waals surface area contributed by atoms with E-state index in [9.17, 15) is 13.2 Å². The Morgan fingerprint density at radius 2 is 2.15 bits per heavy atom. The number of carbonyl (C=O) groups excluding carboxylic acids is 1. The topological polar surface area (TPSA) is 80.7 Å². The van der Waals surface area contributed by atoms with Crippen molar-refractivity contribution in [2.45, 2.75) is 19.8 Å². The summed E-state index contributed by atoms with van der Waals surface area (Å²) in [5.74, 6) is -1.07. The largest absolute Gasteiger partial charge is 0.449 e. The van der Waals surface area contributed by atoms with E-state index < -0.39 is 16.4 Å². The summed E-state index contributed by atoms with van der Waals surface area (Å²) >= 11 is 2.89. The Labute approximate surface area is 84.9 Å². The molecule has 0 radical (unpaired) electrons. The summed E-state index contributed by atoms with van der Waals surface area (Å²) in [7, 11) is -4.71. The quantitative estimate of drug-likeness (QED) is 0.618. The lowest BCUT2D eigenvalue weighted by Gasteiger charge is -2.01. The molecule has 5 nitrogen and oxygen atoms in total. The summed E-state index contributed by atoms with van der Waals surface area (Å²) in [6.07, 6.45) is 1.04. The third kappa shape index (κ3) is 5.78. The Hall–Kier alpha value is -0.400. The fourth-order valence-electron chi connectivity index (χ4n) is 0.620. The molecule has 0 spiro atoms. The minimum absolute atomic E-state index is 0.153. The maximum absolute atomic E-state index is 10.9. The van der Waals surface area contributed by atoms with Gasteiger partial charge < -0.3 is 4.18 Å². The van der Waals surface area contributed by atoms with Crippen LogP contribution in [0.5, 0.6) is 0 Å². The number of rotatable bonds is 4. The van der Waals surface area contributed by atoms with Crippen molar-refractivity contribution in [3.8, 4) is 0 Å². The van der Waals surface area contributed by atoms with Gasteiger partial charge in [0.05, 0.1) is 0 Å². The smallest absolute Gasteiger partial charge is 0.321 e. The third-order valence-corrected chi connectivity index (χ3v) is 2.01. The Balaban J connectivity index is 4.42. The Kier molecular flexibility index (Phi) is 5.19. The monoisotopic (exact) mass is 272 g/mol. The molecular weight excluding hydrogens is 264 g/mol. The van der Waals surface area contributed by atoms with E-state index in [4.69, 9.17) is 4.55 Å². The molecule has 0 saturated heterocycles. The van der Waals surface area contributed by atoms with E-state index in [1.165, 1.54) is 4.99 Å². The van der Waals surface area contributed by atoms with Crippen LogP contribution in [-0.4, -0.2) is 18.9 Å². The van der Waals surface area contributed by atoms with Crippen molar-refractivity contribution in [1.82, 2.24) is 0 Å². The molecule has 0 aromatic heterocycles. The highest BCUT2D eigenvalue weighted by Gasteiger charge is 2.16. The van der Waals surface area contributed by atoms with Crippen LogP contribution >= 0.6 is 15.9 Å². The molecule has 0 bridgehead atoms. The van der Waals surface area contributed by atoms with E-state index in [0.717, 1.165) is 0 Å². The lowest BCUT2D eigenvalue weighted by Crippen LogP contribution is -2.13. The van der Waals surface area contributed by atoms with E-state index in [1.807, 2.05) is 6.92 Å². The van der Waals surface area contributed by atoms with Gasteiger partial charge in [-0.25, -0.2) is 4.79 Å². The molecular formula is C6H9BrO5S. The van der Waals surface area contributed by atoms with Crippen LogP contribution in [0.1, 0.15) is 19.8 Å². The van der Waals surface area contributed by atoms with Crippen molar-refractivity contribution in [3.05, 3.63) is 10.6 Å².